The van der Waals surface area contributed by atoms with Crippen molar-refractivity contribution in [2.45, 2.75) is 19.3 Å². The van der Waals surface area contributed by atoms with E-state index in [0.29, 0.717) is 0 Å². The number of hydrogen-bond acceptors (Lipinski definition) is 1. The second-order valence-corrected chi connectivity index (χ2v) is 17.6. The lowest BCUT2D eigenvalue weighted by atomic mass is 9.82. The minimum atomic E-state index is -0.133. The summed E-state index contributed by atoms with van der Waals surface area (Å²) in [5.74, 6) is 0. The van der Waals surface area contributed by atoms with Gasteiger partial charge in [-0.25, -0.2) is 0 Å². The molecule has 1 aromatic heterocycles. The first-order valence-electron chi connectivity index (χ1n) is 22.6. The highest BCUT2D eigenvalue weighted by Gasteiger charge is 2.37. The Kier molecular flexibility index (Phi) is 9.21. The molecule has 65 heavy (non-hydrogen) atoms. The predicted molar refractivity (Wildman–Crippen MR) is 275 cm³/mol. The molecular weight excluding hydrogens is 785 g/mol. The molecule has 308 valence electrons. The molecule has 0 fully saturated rings. The van der Waals surface area contributed by atoms with Crippen LogP contribution in [0.15, 0.2) is 243 Å². The van der Waals surface area contributed by atoms with Crippen molar-refractivity contribution in [3.63, 3.8) is 0 Å². The molecule has 1 heterocycles. The molecule has 0 amide bonds. The van der Waals surface area contributed by atoms with Crippen molar-refractivity contribution < 1.29 is 0 Å². The zero-order chi connectivity index (χ0) is 43.5. The number of rotatable bonds is 8. The fourth-order valence-electron chi connectivity index (χ4n) is 10.7. The highest BCUT2D eigenvalue weighted by atomic mass is 15.2. The quantitative estimate of drug-likeness (QED) is 0.148. The van der Waals surface area contributed by atoms with Gasteiger partial charge in [-0.05, 0) is 92.0 Å². The van der Waals surface area contributed by atoms with Crippen LogP contribution in [0.25, 0.3) is 83.1 Å². The van der Waals surface area contributed by atoms with Crippen LogP contribution in [-0.2, 0) is 5.41 Å². The standard InChI is InChI=1S/C63H46N2/c1-63(2)54-35-15-10-33-53(54)62-52(34-22-36-55(62)63)51-32-14-19-40-59(51)64(60-41-20-21-42-61(60)65-57-38-17-12-30-49(57)50-31-13-18-39-58(50)65)56-37-16-11-29-48(56)47-28-9-8-27-46(47)45-26-7-6-25-44(45)43-23-4-3-5-24-43/h3-42H,1-2H3. The highest BCUT2D eigenvalue weighted by molar-refractivity contribution is 6.10. The maximum absolute atomic E-state index is 2.54. The number of benzene rings is 10. The summed E-state index contributed by atoms with van der Waals surface area (Å²) in [7, 11) is 0. The van der Waals surface area contributed by atoms with Gasteiger partial charge in [-0.2, -0.15) is 0 Å². The van der Waals surface area contributed by atoms with E-state index in [-0.39, 0.29) is 5.41 Å². The van der Waals surface area contributed by atoms with Crippen LogP contribution in [0.2, 0.25) is 0 Å². The highest BCUT2D eigenvalue weighted by Crippen LogP contribution is 2.55. The molecular formula is C63H46N2. The van der Waals surface area contributed by atoms with Crippen LogP contribution in [0.5, 0.6) is 0 Å². The van der Waals surface area contributed by atoms with Crippen molar-refractivity contribution in [1.29, 1.82) is 0 Å². The molecule has 1 aliphatic carbocycles. The average molecular weight is 831 g/mol. The molecule has 10 aromatic carbocycles. The maximum Gasteiger partial charge on any atom is 0.0702 e. The molecule has 1 aliphatic rings. The average Bonchev–Trinajstić information content (AvgIpc) is 3.83. The molecule has 0 bridgehead atoms. The first-order chi connectivity index (χ1) is 32.1. The molecule has 0 atom stereocenters. The van der Waals surface area contributed by atoms with Gasteiger partial charge in [-0.1, -0.05) is 220 Å². The van der Waals surface area contributed by atoms with E-state index in [1.807, 2.05) is 0 Å². The smallest absolute Gasteiger partial charge is 0.0702 e. The van der Waals surface area contributed by atoms with Crippen molar-refractivity contribution in [3.8, 4) is 61.3 Å². The summed E-state index contributed by atoms with van der Waals surface area (Å²) in [6.45, 7) is 4.73. The lowest BCUT2D eigenvalue weighted by Crippen LogP contribution is -2.16. The Bertz CT molecular complexity index is 3540. The largest absolute Gasteiger partial charge is 0.307 e. The Balaban J connectivity index is 1.16. The van der Waals surface area contributed by atoms with Gasteiger partial charge in [-0.15, -0.1) is 0 Å². The second-order valence-electron chi connectivity index (χ2n) is 17.6. The monoisotopic (exact) mass is 830 g/mol. The Morgan fingerprint density at radius 1 is 0.308 bits per heavy atom. The number of nitrogens with zero attached hydrogens (tertiary/aromatic N) is 2. The van der Waals surface area contributed by atoms with Crippen LogP contribution in [0.4, 0.5) is 17.1 Å². The Labute approximate surface area is 381 Å². The minimum Gasteiger partial charge on any atom is -0.307 e. The lowest BCUT2D eigenvalue weighted by molar-refractivity contribution is 0.660. The van der Waals surface area contributed by atoms with Crippen LogP contribution in [-0.4, -0.2) is 4.57 Å². The number of aromatic nitrogens is 1. The van der Waals surface area contributed by atoms with E-state index in [4.69, 9.17) is 0 Å². The van der Waals surface area contributed by atoms with Gasteiger partial charge < -0.3 is 9.47 Å². The van der Waals surface area contributed by atoms with Crippen molar-refractivity contribution in [1.82, 2.24) is 4.57 Å². The first kappa shape index (κ1) is 38.5. The van der Waals surface area contributed by atoms with E-state index >= 15 is 0 Å². The molecule has 0 saturated heterocycles. The van der Waals surface area contributed by atoms with Gasteiger partial charge in [0.1, 0.15) is 0 Å². The van der Waals surface area contributed by atoms with Gasteiger partial charge in [-0.3, -0.25) is 0 Å². The summed E-state index contributed by atoms with van der Waals surface area (Å²) in [5, 5.41) is 2.47. The Hall–Kier alpha value is -8.20. The van der Waals surface area contributed by atoms with Crippen molar-refractivity contribution in [2.75, 3.05) is 4.90 Å². The van der Waals surface area contributed by atoms with E-state index in [0.717, 1.165) is 28.3 Å². The third kappa shape index (κ3) is 6.17. The Morgan fingerprint density at radius 3 is 1.37 bits per heavy atom. The molecule has 2 heteroatoms. The second kappa shape index (κ2) is 15.6. The zero-order valence-electron chi connectivity index (χ0n) is 36.5. The van der Waals surface area contributed by atoms with E-state index in [1.54, 1.807) is 0 Å². The van der Waals surface area contributed by atoms with Crippen molar-refractivity contribution in [2.24, 2.45) is 0 Å². The van der Waals surface area contributed by atoms with Gasteiger partial charge in [0.05, 0.1) is 33.8 Å². The van der Waals surface area contributed by atoms with Gasteiger partial charge >= 0.3 is 0 Å². The molecule has 0 radical (unpaired) electrons. The van der Waals surface area contributed by atoms with Crippen LogP contribution < -0.4 is 4.90 Å². The van der Waals surface area contributed by atoms with Crippen molar-refractivity contribution in [3.05, 3.63) is 254 Å². The van der Waals surface area contributed by atoms with Gasteiger partial charge in [0.15, 0.2) is 0 Å². The van der Waals surface area contributed by atoms with Crippen LogP contribution in [0.3, 0.4) is 0 Å². The SMILES string of the molecule is CC1(C)c2ccccc2-c2c(-c3ccccc3N(c3ccccc3-c3ccccc3-c3ccccc3-c3ccccc3)c3ccccc3-n3c4ccccc4c4ccccc43)cccc21. The van der Waals surface area contributed by atoms with Gasteiger partial charge in [0.25, 0.3) is 0 Å². The van der Waals surface area contributed by atoms with E-state index in [2.05, 4.69) is 266 Å². The van der Waals surface area contributed by atoms with Crippen LogP contribution in [0, 0.1) is 0 Å². The number of para-hydroxylation sites is 6. The number of hydrogen-bond donors (Lipinski definition) is 0. The van der Waals surface area contributed by atoms with E-state index in [9.17, 15) is 0 Å². The van der Waals surface area contributed by atoms with E-state index < -0.39 is 0 Å². The fourth-order valence-corrected chi connectivity index (χ4v) is 10.7. The number of fused-ring (bicyclic) bond motifs is 6. The van der Waals surface area contributed by atoms with Crippen molar-refractivity contribution >= 4 is 38.9 Å². The Morgan fingerprint density at radius 2 is 0.723 bits per heavy atom. The van der Waals surface area contributed by atoms with Gasteiger partial charge in [0.2, 0.25) is 0 Å². The molecule has 12 rings (SSSR count). The third-order valence-electron chi connectivity index (χ3n) is 13.7. The molecule has 0 saturated carbocycles. The lowest BCUT2D eigenvalue weighted by Gasteiger charge is -2.32. The van der Waals surface area contributed by atoms with E-state index in [1.165, 1.54) is 83.0 Å². The van der Waals surface area contributed by atoms with Crippen LogP contribution >= 0.6 is 0 Å². The van der Waals surface area contributed by atoms with Crippen LogP contribution in [0.1, 0.15) is 25.0 Å². The summed E-state index contributed by atoms with van der Waals surface area (Å²) in [6.07, 6.45) is 0. The molecule has 2 nitrogen and oxygen atoms in total. The fraction of sp³-hybridized carbons (Fsp3) is 0.0476. The summed E-state index contributed by atoms with van der Waals surface area (Å²) < 4.78 is 2.46. The molecule has 0 spiro atoms. The molecule has 0 aliphatic heterocycles. The first-order valence-corrected chi connectivity index (χ1v) is 22.6. The topological polar surface area (TPSA) is 8.17 Å². The predicted octanol–water partition coefficient (Wildman–Crippen LogP) is 17.2. The third-order valence-corrected chi connectivity index (χ3v) is 13.7. The summed E-state index contributed by atoms with van der Waals surface area (Å²) in [6, 6.07) is 89.0. The maximum atomic E-state index is 2.54. The molecule has 0 N–H and O–H groups in total. The summed E-state index contributed by atoms with van der Waals surface area (Å²) in [5.41, 5.74) is 21.4. The summed E-state index contributed by atoms with van der Waals surface area (Å²) in [4.78, 5) is 2.54. The van der Waals surface area contributed by atoms with Gasteiger partial charge in [0, 0.05) is 27.3 Å². The normalized spacial score (nSPS) is 12.6. The number of anilines is 3. The zero-order valence-corrected chi connectivity index (χ0v) is 36.5. The minimum absolute atomic E-state index is 0.133. The molecule has 0 unspecified atom stereocenters. The molecule has 11 aromatic rings. The summed E-state index contributed by atoms with van der Waals surface area (Å²) >= 11 is 0.